The zero-order valence-corrected chi connectivity index (χ0v) is 16.3. The third-order valence-electron chi connectivity index (χ3n) is 3.82. The van der Waals surface area contributed by atoms with E-state index in [9.17, 15) is 105 Å². The van der Waals surface area contributed by atoms with Crippen LogP contribution in [0.5, 0.6) is 0 Å². The molecule has 0 radical (unpaired) electrons. The van der Waals surface area contributed by atoms with Crippen LogP contribution in [0, 0.1) is 0 Å². The van der Waals surface area contributed by atoms with E-state index in [1.54, 1.807) is 0 Å². The summed E-state index contributed by atoms with van der Waals surface area (Å²) >= 11 is 0. The van der Waals surface area contributed by atoms with E-state index in [1.807, 2.05) is 0 Å². The highest BCUT2D eigenvalue weighted by Gasteiger charge is 2.96. The standard InChI is InChI=1S/C10HF22NO3S/c11-1(12,3(15,16)5(19,20)7(23,24)25)2(13,14)4(17,18)6(21,22)9(29,30)37(35,36)33(32)10(31,34)8(26,27)28/h34H. The lowest BCUT2D eigenvalue weighted by atomic mass is 9.91. The maximum absolute atomic E-state index is 13.4. The van der Waals surface area contributed by atoms with Gasteiger partial charge in [0.1, 0.15) is 0 Å². The van der Waals surface area contributed by atoms with Crippen molar-refractivity contribution in [1.29, 1.82) is 0 Å². The quantitative estimate of drug-likeness (QED) is 0.155. The Morgan fingerprint density at radius 3 is 0.919 bits per heavy atom. The van der Waals surface area contributed by atoms with E-state index >= 15 is 0 Å². The minimum Gasteiger partial charge on any atom is -0.340 e. The fourth-order valence-electron chi connectivity index (χ4n) is 1.67. The highest BCUT2D eigenvalue weighted by Crippen LogP contribution is 2.64. The Bertz CT molecular complexity index is 960. The lowest BCUT2D eigenvalue weighted by Gasteiger charge is -2.42. The molecule has 37 heavy (non-hydrogen) atoms. The van der Waals surface area contributed by atoms with Crippen LogP contribution in [0.1, 0.15) is 0 Å². The molecule has 0 aliphatic rings. The van der Waals surface area contributed by atoms with E-state index in [1.165, 1.54) is 0 Å². The van der Waals surface area contributed by atoms with Crippen molar-refractivity contribution in [3.05, 3.63) is 0 Å². The summed E-state index contributed by atoms with van der Waals surface area (Å²) < 4.78 is 299. The summed E-state index contributed by atoms with van der Waals surface area (Å²) in [7, 11) is -9.35. The number of aliphatic hydroxyl groups is 1. The highest BCUT2D eigenvalue weighted by atomic mass is 32.2. The summed E-state index contributed by atoms with van der Waals surface area (Å²) in [6.45, 7) is 0. The largest absolute Gasteiger partial charge is 0.468 e. The minimum atomic E-state index is -9.35. The number of alkyl halides is 21. The van der Waals surface area contributed by atoms with Gasteiger partial charge in [0.25, 0.3) is 0 Å². The highest BCUT2D eigenvalue weighted by molar-refractivity contribution is 7.90. The van der Waals surface area contributed by atoms with Crippen molar-refractivity contribution in [2.24, 2.45) is 0 Å². The van der Waals surface area contributed by atoms with Gasteiger partial charge in [0.15, 0.2) is 0 Å². The van der Waals surface area contributed by atoms with Crippen molar-refractivity contribution >= 4 is 10.0 Å². The number of hydrogen-bond donors (Lipinski definition) is 1. The average Bonchev–Trinajstić information content (AvgIpc) is 2.64. The van der Waals surface area contributed by atoms with Crippen LogP contribution in [-0.4, -0.2) is 77.2 Å². The zero-order chi connectivity index (χ0) is 31.1. The maximum Gasteiger partial charge on any atom is 0.468 e. The SMILES string of the molecule is O=S(=O)(N(F)C(O)(F)C(F)(F)F)C(F)(F)C(F)(F)C(F)(F)C(F)(F)C(F)(F)C(F)(F)C(F)(F)C(F)(F)F. The van der Waals surface area contributed by atoms with E-state index in [0.29, 0.717) is 0 Å². The van der Waals surface area contributed by atoms with E-state index < -0.39 is 73.7 Å². The van der Waals surface area contributed by atoms with Gasteiger partial charge in [-0.15, -0.1) is 4.48 Å². The molecule has 224 valence electrons. The summed E-state index contributed by atoms with van der Waals surface area (Å²) in [5, 5.41) is -0.937. The molecule has 0 spiro atoms. The van der Waals surface area contributed by atoms with Crippen LogP contribution in [0.15, 0.2) is 0 Å². The molecule has 0 aliphatic carbocycles. The molecule has 1 atom stereocenters. The summed E-state index contributed by atoms with van der Waals surface area (Å²) in [6.07, 6.45) is -15.6. The Kier molecular flexibility index (Phi) is 8.03. The van der Waals surface area contributed by atoms with Crippen molar-refractivity contribution < 1.29 is 110 Å². The fourth-order valence-corrected chi connectivity index (χ4v) is 2.75. The lowest BCUT2D eigenvalue weighted by molar-refractivity contribution is -0.458. The first-order valence-corrected chi connectivity index (χ1v) is 8.74. The number of hydrogen-bond acceptors (Lipinski definition) is 3. The number of rotatable bonds is 9. The van der Waals surface area contributed by atoms with Gasteiger partial charge in [0.2, 0.25) is 0 Å². The second-order valence-corrected chi connectivity index (χ2v) is 8.05. The predicted octanol–water partition coefficient (Wildman–Crippen LogP) is 5.65. The molecular formula is C10HF22NO3S. The monoisotopic (exact) mass is 633 g/mol. The first kappa shape index (κ1) is 35.3. The van der Waals surface area contributed by atoms with Gasteiger partial charge in [-0.3, -0.25) is 0 Å². The molecule has 1 unspecified atom stereocenters. The summed E-state index contributed by atoms with van der Waals surface area (Å²) in [6, 6.07) is 0. The molecule has 0 fully saturated rings. The third-order valence-corrected chi connectivity index (χ3v) is 5.39. The normalized spacial score (nSPS) is 18.3. The molecule has 0 heterocycles. The first-order chi connectivity index (χ1) is 15.4. The topological polar surface area (TPSA) is 57.6 Å². The van der Waals surface area contributed by atoms with E-state index in [2.05, 4.69) is 0 Å². The Morgan fingerprint density at radius 2 is 0.676 bits per heavy atom. The molecule has 0 aromatic carbocycles. The summed E-state index contributed by atoms with van der Waals surface area (Å²) in [4.78, 5) is 0. The van der Waals surface area contributed by atoms with Gasteiger partial charge in [0, 0.05) is 4.53 Å². The number of nitrogens with zero attached hydrogens (tertiary/aromatic N) is 1. The van der Waals surface area contributed by atoms with Gasteiger partial charge in [-0.25, -0.2) is 8.42 Å². The van der Waals surface area contributed by atoms with Gasteiger partial charge in [-0.1, -0.05) is 0 Å². The molecule has 0 saturated heterocycles. The molecular weight excluding hydrogens is 632 g/mol. The minimum absolute atomic E-state index is 4.49. The van der Waals surface area contributed by atoms with E-state index in [-0.39, 0.29) is 0 Å². The maximum atomic E-state index is 13.4. The molecule has 0 bridgehead atoms. The van der Waals surface area contributed by atoms with Crippen LogP contribution in [-0.2, 0) is 10.0 Å². The average molecular weight is 633 g/mol. The van der Waals surface area contributed by atoms with Gasteiger partial charge in [0.05, 0.1) is 0 Å². The Hall–Kier alpha value is -1.67. The van der Waals surface area contributed by atoms with Crippen LogP contribution >= 0.6 is 0 Å². The van der Waals surface area contributed by atoms with Crippen molar-refractivity contribution in [3.63, 3.8) is 0 Å². The second kappa shape index (κ2) is 8.41. The Balaban J connectivity index is 7.17. The van der Waals surface area contributed by atoms with Crippen LogP contribution in [0.4, 0.5) is 96.7 Å². The third kappa shape index (κ3) is 4.30. The van der Waals surface area contributed by atoms with Crippen molar-refractivity contribution in [2.75, 3.05) is 0 Å². The predicted molar refractivity (Wildman–Crippen MR) is 64.7 cm³/mol. The first-order valence-electron chi connectivity index (χ1n) is 7.30. The van der Waals surface area contributed by atoms with Crippen molar-refractivity contribution in [3.8, 4) is 0 Å². The summed E-state index contributed by atoms with van der Waals surface area (Å²) in [5.74, 6) is -62.1. The molecule has 0 saturated carbocycles. The second-order valence-electron chi connectivity index (χ2n) is 6.27. The fraction of sp³-hybridized carbons (Fsp3) is 1.00. The molecule has 0 aliphatic heterocycles. The van der Waals surface area contributed by atoms with Crippen LogP contribution in [0.25, 0.3) is 0 Å². The molecule has 27 heteroatoms. The van der Waals surface area contributed by atoms with E-state index in [0.717, 1.165) is 0 Å². The summed E-state index contributed by atoms with van der Waals surface area (Å²) in [5.41, 5.74) is 0. The van der Waals surface area contributed by atoms with Crippen LogP contribution in [0.2, 0.25) is 0 Å². The van der Waals surface area contributed by atoms with Crippen molar-refractivity contribution in [1.82, 2.24) is 4.53 Å². The van der Waals surface area contributed by atoms with Gasteiger partial charge < -0.3 is 5.11 Å². The molecule has 0 aromatic rings. The van der Waals surface area contributed by atoms with Crippen LogP contribution in [0.3, 0.4) is 0 Å². The molecule has 4 nitrogen and oxygen atoms in total. The molecule has 0 rings (SSSR count). The van der Waals surface area contributed by atoms with Gasteiger partial charge in [-0.05, 0) is 0 Å². The van der Waals surface area contributed by atoms with Gasteiger partial charge >= 0.3 is 69.1 Å². The van der Waals surface area contributed by atoms with Gasteiger partial charge in [-0.2, -0.15) is 92.2 Å². The molecule has 0 amide bonds. The molecule has 1 N–H and O–H groups in total. The molecule has 0 aromatic heterocycles. The Labute approximate surface area is 185 Å². The smallest absolute Gasteiger partial charge is 0.340 e. The van der Waals surface area contributed by atoms with Crippen LogP contribution < -0.4 is 0 Å². The zero-order valence-electron chi connectivity index (χ0n) is 15.4. The van der Waals surface area contributed by atoms with E-state index in [4.69, 9.17) is 5.11 Å². The Morgan fingerprint density at radius 1 is 0.432 bits per heavy atom. The van der Waals surface area contributed by atoms with Crippen molar-refractivity contribution in [2.45, 2.75) is 59.1 Å². The lowest BCUT2D eigenvalue weighted by Crippen LogP contribution is -2.75. The number of sulfonamides is 1. The number of halogens is 22.